The molecule has 3 rings (SSSR count). The third-order valence-corrected chi connectivity index (χ3v) is 6.12. The molecule has 27 heavy (non-hydrogen) atoms. The average Bonchev–Trinajstić information content (AvgIpc) is 3.02. The van der Waals surface area contributed by atoms with E-state index in [0.717, 1.165) is 0 Å². The molecule has 8 nitrogen and oxygen atoms in total. The number of anilines is 2. The Kier molecular flexibility index (Phi) is 5.37. The van der Waals surface area contributed by atoms with Crippen LogP contribution in [0.15, 0.2) is 36.5 Å². The summed E-state index contributed by atoms with van der Waals surface area (Å²) in [6, 6.07) is 10.1. The molecule has 0 radical (unpaired) electrons. The van der Waals surface area contributed by atoms with Gasteiger partial charge in [-0.05, 0) is 37.6 Å². The van der Waals surface area contributed by atoms with Gasteiger partial charge in [-0.25, -0.2) is 18.4 Å². The molecule has 1 aromatic carbocycles. The number of aromatic nitrogens is 2. The van der Waals surface area contributed by atoms with Gasteiger partial charge in [-0.15, -0.1) is 0 Å². The normalized spacial score (nSPS) is 17.9. The Morgan fingerprint density at radius 3 is 2.89 bits per heavy atom. The molecule has 140 valence electrons. The van der Waals surface area contributed by atoms with E-state index >= 15 is 0 Å². The fourth-order valence-corrected chi connectivity index (χ4v) is 4.80. The summed E-state index contributed by atoms with van der Waals surface area (Å²) in [5.41, 5.74) is 1.31. The predicted octanol–water partition coefficient (Wildman–Crippen LogP) is 1.74. The van der Waals surface area contributed by atoms with Crippen LogP contribution in [0.1, 0.15) is 29.4 Å². The van der Waals surface area contributed by atoms with Crippen LogP contribution in [0.25, 0.3) is 0 Å². The summed E-state index contributed by atoms with van der Waals surface area (Å²) in [5.74, 6) is -0.00127. The Morgan fingerprint density at radius 2 is 2.22 bits per heavy atom. The quantitative estimate of drug-likeness (QED) is 0.833. The van der Waals surface area contributed by atoms with Gasteiger partial charge < -0.3 is 10.2 Å². The molecule has 0 aliphatic carbocycles. The van der Waals surface area contributed by atoms with Crippen LogP contribution in [0.5, 0.6) is 0 Å². The second-order valence-corrected chi connectivity index (χ2v) is 8.46. The van der Waals surface area contributed by atoms with Gasteiger partial charge in [0.15, 0.2) is 9.84 Å². The smallest absolute Gasteiger partial charge is 0.272 e. The van der Waals surface area contributed by atoms with Crippen LogP contribution in [-0.4, -0.2) is 53.3 Å². The van der Waals surface area contributed by atoms with Gasteiger partial charge in [0.1, 0.15) is 5.69 Å². The van der Waals surface area contributed by atoms with Crippen molar-refractivity contribution < 1.29 is 13.2 Å². The molecule has 2 aromatic rings. The molecular weight excluding hydrogens is 366 g/mol. The van der Waals surface area contributed by atoms with Crippen molar-refractivity contribution in [3.63, 3.8) is 0 Å². The lowest BCUT2D eigenvalue weighted by Gasteiger charge is -2.26. The van der Waals surface area contributed by atoms with E-state index in [9.17, 15) is 13.2 Å². The number of benzene rings is 1. The highest BCUT2D eigenvalue weighted by Crippen LogP contribution is 2.20. The molecule has 1 amide bonds. The monoisotopic (exact) mass is 385 g/mol. The van der Waals surface area contributed by atoms with Crippen molar-refractivity contribution in [2.45, 2.75) is 19.4 Å². The minimum Gasteiger partial charge on any atom is -0.334 e. The highest BCUT2D eigenvalue weighted by atomic mass is 32.2. The molecule has 1 aliphatic rings. The molecule has 9 heteroatoms. The molecule has 1 aliphatic heterocycles. The van der Waals surface area contributed by atoms with Crippen molar-refractivity contribution in [1.82, 2.24) is 14.9 Å². The van der Waals surface area contributed by atoms with E-state index in [-0.39, 0.29) is 35.1 Å². The van der Waals surface area contributed by atoms with Crippen LogP contribution >= 0.6 is 0 Å². The van der Waals surface area contributed by atoms with Crippen LogP contribution in [0.3, 0.4) is 0 Å². The first-order valence-corrected chi connectivity index (χ1v) is 10.4. The van der Waals surface area contributed by atoms with Gasteiger partial charge in [0.25, 0.3) is 5.91 Å². The minimum atomic E-state index is -3.09. The maximum Gasteiger partial charge on any atom is 0.272 e. The Balaban J connectivity index is 1.79. The molecule has 2 heterocycles. The number of sulfone groups is 1. The highest BCUT2D eigenvalue weighted by Gasteiger charge is 2.34. The summed E-state index contributed by atoms with van der Waals surface area (Å²) in [6.45, 7) is 2.21. The number of nitriles is 1. The SMILES string of the molecule is CCN(C(=O)c1ccnc(Nc2cccc(C#N)c2)n1)C1CCS(=O)(=O)C1. The fraction of sp³-hybridized carbons (Fsp3) is 0.333. The zero-order valence-corrected chi connectivity index (χ0v) is 15.6. The first-order valence-electron chi connectivity index (χ1n) is 8.53. The zero-order chi connectivity index (χ0) is 19.4. The summed E-state index contributed by atoms with van der Waals surface area (Å²) < 4.78 is 23.5. The summed E-state index contributed by atoms with van der Waals surface area (Å²) in [7, 11) is -3.09. The Labute approximate surface area is 157 Å². The lowest BCUT2D eigenvalue weighted by Crippen LogP contribution is -2.41. The number of hydrogen-bond donors (Lipinski definition) is 1. The van der Waals surface area contributed by atoms with Gasteiger partial charge in [0.05, 0.1) is 23.1 Å². The standard InChI is InChI=1S/C18H19N5O3S/c1-2-23(15-7-9-27(25,26)12-15)17(24)16-6-8-20-18(22-16)21-14-5-3-4-13(10-14)11-19/h3-6,8,10,15H,2,7,9,12H2,1H3,(H,20,21,22). The van der Waals surface area contributed by atoms with Gasteiger partial charge in [0.2, 0.25) is 5.95 Å². The van der Waals surface area contributed by atoms with E-state index in [0.29, 0.717) is 24.2 Å². The molecule has 1 atom stereocenters. The number of carbonyl (C=O) groups is 1. The lowest BCUT2D eigenvalue weighted by molar-refractivity contribution is 0.0702. The van der Waals surface area contributed by atoms with Crippen LogP contribution in [0.4, 0.5) is 11.6 Å². The van der Waals surface area contributed by atoms with Gasteiger partial charge >= 0.3 is 0 Å². The third-order valence-electron chi connectivity index (χ3n) is 4.37. The van der Waals surface area contributed by atoms with Crippen molar-refractivity contribution >= 4 is 27.4 Å². The number of nitrogens with one attached hydrogen (secondary N) is 1. The topological polar surface area (TPSA) is 116 Å². The van der Waals surface area contributed by atoms with E-state index in [1.165, 1.54) is 12.3 Å². The molecule has 0 saturated carbocycles. The largest absolute Gasteiger partial charge is 0.334 e. The molecule has 1 saturated heterocycles. The van der Waals surface area contributed by atoms with Crippen molar-refractivity contribution in [2.24, 2.45) is 0 Å². The van der Waals surface area contributed by atoms with E-state index in [1.54, 1.807) is 29.2 Å². The molecule has 1 fully saturated rings. The van der Waals surface area contributed by atoms with Gasteiger partial charge in [-0.1, -0.05) is 6.07 Å². The maximum absolute atomic E-state index is 12.8. The van der Waals surface area contributed by atoms with E-state index < -0.39 is 9.84 Å². The minimum absolute atomic E-state index is 0.0102. The first-order chi connectivity index (χ1) is 12.9. The highest BCUT2D eigenvalue weighted by molar-refractivity contribution is 7.91. The Hall–Kier alpha value is -2.99. The summed E-state index contributed by atoms with van der Waals surface area (Å²) in [4.78, 5) is 22.8. The van der Waals surface area contributed by atoms with E-state index in [1.807, 2.05) is 6.92 Å². The van der Waals surface area contributed by atoms with Crippen molar-refractivity contribution in [2.75, 3.05) is 23.4 Å². The van der Waals surface area contributed by atoms with E-state index in [2.05, 4.69) is 21.4 Å². The summed E-state index contributed by atoms with van der Waals surface area (Å²) >= 11 is 0. The van der Waals surface area contributed by atoms with Crippen molar-refractivity contribution in [3.05, 3.63) is 47.8 Å². The molecule has 0 spiro atoms. The number of amides is 1. The average molecular weight is 385 g/mol. The predicted molar refractivity (Wildman–Crippen MR) is 100 cm³/mol. The van der Waals surface area contributed by atoms with Crippen LogP contribution in [0, 0.1) is 11.3 Å². The zero-order valence-electron chi connectivity index (χ0n) is 14.8. The molecular formula is C18H19N5O3S. The number of carbonyl (C=O) groups excluding carboxylic acids is 1. The second-order valence-electron chi connectivity index (χ2n) is 6.23. The maximum atomic E-state index is 12.8. The Bertz CT molecular complexity index is 1000. The number of rotatable bonds is 5. The third kappa shape index (κ3) is 4.41. The van der Waals surface area contributed by atoms with Gasteiger partial charge in [-0.2, -0.15) is 5.26 Å². The summed E-state index contributed by atoms with van der Waals surface area (Å²) in [5, 5.41) is 11.9. The molecule has 1 N–H and O–H groups in total. The van der Waals surface area contributed by atoms with Gasteiger partial charge in [0, 0.05) is 24.5 Å². The van der Waals surface area contributed by atoms with Crippen molar-refractivity contribution in [3.8, 4) is 6.07 Å². The number of hydrogen-bond acceptors (Lipinski definition) is 7. The fourth-order valence-electron chi connectivity index (χ4n) is 3.07. The molecule has 0 bridgehead atoms. The Morgan fingerprint density at radius 1 is 1.41 bits per heavy atom. The van der Waals surface area contributed by atoms with E-state index in [4.69, 9.17) is 5.26 Å². The molecule has 1 aromatic heterocycles. The van der Waals surface area contributed by atoms with Crippen molar-refractivity contribution in [1.29, 1.82) is 5.26 Å². The second kappa shape index (κ2) is 7.72. The van der Waals surface area contributed by atoms with Crippen LogP contribution in [-0.2, 0) is 9.84 Å². The first kappa shape index (κ1) is 18.8. The van der Waals surface area contributed by atoms with Crippen LogP contribution in [0.2, 0.25) is 0 Å². The van der Waals surface area contributed by atoms with Crippen LogP contribution < -0.4 is 5.32 Å². The summed E-state index contributed by atoms with van der Waals surface area (Å²) in [6.07, 6.45) is 1.91. The van der Waals surface area contributed by atoms with Gasteiger partial charge in [-0.3, -0.25) is 4.79 Å². The number of nitrogens with zero attached hydrogens (tertiary/aromatic N) is 4. The lowest BCUT2D eigenvalue weighted by atomic mass is 10.2. The molecule has 1 unspecified atom stereocenters.